The third-order valence-corrected chi connectivity index (χ3v) is 4.02. The number of aromatic nitrogens is 1. The van der Waals surface area contributed by atoms with Crippen molar-refractivity contribution in [2.75, 3.05) is 11.9 Å². The number of hydrogen-bond acceptors (Lipinski definition) is 3. The van der Waals surface area contributed by atoms with Crippen LogP contribution in [-0.4, -0.2) is 18.1 Å². The predicted molar refractivity (Wildman–Crippen MR) is 87.7 cm³/mol. The second-order valence-electron chi connectivity index (χ2n) is 5.64. The zero-order valence-electron chi connectivity index (χ0n) is 12.2. The van der Waals surface area contributed by atoms with Gasteiger partial charge in [-0.25, -0.2) is 0 Å². The van der Waals surface area contributed by atoms with E-state index < -0.39 is 0 Å². The molecule has 1 N–H and O–H groups in total. The Kier molecular flexibility index (Phi) is 4.42. The van der Waals surface area contributed by atoms with E-state index in [1.54, 1.807) is 0 Å². The minimum Gasteiger partial charge on any atom is -0.370 e. The SMILES string of the molecule is CN(Cc1ccncc1)c1ccc(Cl)cc1CNC1CC1. The van der Waals surface area contributed by atoms with Crippen LogP contribution in [0.1, 0.15) is 24.0 Å². The summed E-state index contributed by atoms with van der Waals surface area (Å²) in [5.41, 5.74) is 3.74. The predicted octanol–water partition coefficient (Wildman–Crippen LogP) is 3.62. The van der Waals surface area contributed by atoms with Crippen molar-refractivity contribution in [2.45, 2.75) is 32.0 Å². The topological polar surface area (TPSA) is 28.2 Å². The first-order valence-electron chi connectivity index (χ1n) is 7.34. The standard InChI is InChI=1S/C17H20ClN3/c1-21(12-13-6-8-19-9-7-13)17-5-2-15(18)10-14(17)11-20-16-3-4-16/h2,5-10,16,20H,3-4,11-12H2,1H3. The smallest absolute Gasteiger partial charge is 0.0427 e. The van der Waals surface area contributed by atoms with Crippen LogP contribution in [0.5, 0.6) is 0 Å². The second-order valence-corrected chi connectivity index (χ2v) is 6.08. The summed E-state index contributed by atoms with van der Waals surface area (Å²) in [5, 5.41) is 4.36. The molecule has 1 aliphatic rings. The Labute approximate surface area is 131 Å². The molecule has 0 aliphatic heterocycles. The molecule has 0 amide bonds. The normalized spacial score (nSPS) is 14.2. The summed E-state index contributed by atoms with van der Waals surface area (Å²) in [6, 6.07) is 10.9. The summed E-state index contributed by atoms with van der Waals surface area (Å²) >= 11 is 6.16. The van der Waals surface area contributed by atoms with Gasteiger partial charge in [0.25, 0.3) is 0 Å². The molecule has 1 fully saturated rings. The van der Waals surface area contributed by atoms with E-state index >= 15 is 0 Å². The molecule has 0 saturated heterocycles. The molecular formula is C17H20ClN3. The molecule has 1 aromatic carbocycles. The van der Waals surface area contributed by atoms with Crippen LogP contribution in [0.4, 0.5) is 5.69 Å². The van der Waals surface area contributed by atoms with Gasteiger partial charge in [0.1, 0.15) is 0 Å². The van der Waals surface area contributed by atoms with Gasteiger partial charge in [0.15, 0.2) is 0 Å². The van der Waals surface area contributed by atoms with Gasteiger partial charge in [-0.1, -0.05) is 11.6 Å². The lowest BCUT2D eigenvalue weighted by molar-refractivity contribution is 0.685. The number of halogens is 1. The van der Waals surface area contributed by atoms with Gasteiger partial charge in [-0.15, -0.1) is 0 Å². The molecule has 4 heteroatoms. The third kappa shape index (κ3) is 3.96. The Hall–Kier alpha value is -1.58. The summed E-state index contributed by atoms with van der Waals surface area (Å²) in [6.45, 7) is 1.74. The lowest BCUT2D eigenvalue weighted by atomic mass is 10.1. The highest BCUT2D eigenvalue weighted by Crippen LogP contribution is 2.26. The minimum absolute atomic E-state index is 0.697. The van der Waals surface area contributed by atoms with Crippen LogP contribution in [0.15, 0.2) is 42.7 Å². The van der Waals surface area contributed by atoms with Crippen LogP contribution in [0.3, 0.4) is 0 Å². The zero-order valence-corrected chi connectivity index (χ0v) is 13.0. The second kappa shape index (κ2) is 6.46. The molecule has 0 bridgehead atoms. The summed E-state index contributed by atoms with van der Waals surface area (Å²) < 4.78 is 0. The first-order valence-corrected chi connectivity index (χ1v) is 7.72. The molecule has 21 heavy (non-hydrogen) atoms. The molecule has 1 heterocycles. The maximum Gasteiger partial charge on any atom is 0.0427 e. The van der Waals surface area contributed by atoms with Crippen LogP contribution in [0.2, 0.25) is 5.02 Å². The van der Waals surface area contributed by atoms with Gasteiger partial charge in [-0.05, 0) is 54.3 Å². The summed E-state index contributed by atoms with van der Waals surface area (Å²) in [5.74, 6) is 0. The molecular weight excluding hydrogens is 282 g/mol. The average molecular weight is 302 g/mol. The van der Waals surface area contributed by atoms with E-state index in [-0.39, 0.29) is 0 Å². The molecule has 3 rings (SSSR count). The Morgan fingerprint density at radius 2 is 2.00 bits per heavy atom. The number of pyridine rings is 1. The Bertz CT molecular complexity index is 596. The fourth-order valence-corrected chi connectivity index (χ4v) is 2.65. The maximum absolute atomic E-state index is 6.16. The Balaban J connectivity index is 1.75. The molecule has 1 aliphatic carbocycles. The highest BCUT2D eigenvalue weighted by molar-refractivity contribution is 6.30. The summed E-state index contributed by atoms with van der Waals surface area (Å²) in [7, 11) is 2.12. The van der Waals surface area contributed by atoms with E-state index in [9.17, 15) is 0 Å². The maximum atomic E-state index is 6.16. The van der Waals surface area contributed by atoms with Gasteiger partial charge in [0, 0.05) is 49.3 Å². The van der Waals surface area contributed by atoms with Gasteiger partial charge < -0.3 is 10.2 Å². The van der Waals surface area contributed by atoms with Gasteiger partial charge in [0.2, 0.25) is 0 Å². The molecule has 1 aromatic heterocycles. The number of rotatable bonds is 6. The van der Waals surface area contributed by atoms with Crippen LogP contribution < -0.4 is 10.2 Å². The van der Waals surface area contributed by atoms with Gasteiger partial charge in [-0.3, -0.25) is 4.98 Å². The lowest BCUT2D eigenvalue weighted by Crippen LogP contribution is -2.21. The molecule has 0 unspecified atom stereocenters. The van der Waals surface area contributed by atoms with Gasteiger partial charge >= 0.3 is 0 Å². The van der Waals surface area contributed by atoms with Crippen molar-refractivity contribution >= 4 is 17.3 Å². The highest BCUT2D eigenvalue weighted by Gasteiger charge is 2.21. The van der Waals surface area contributed by atoms with E-state index in [1.165, 1.54) is 29.7 Å². The van der Waals surface area contributed by atoms with E-state index in [0.717, 1.165) is 18.1 Å². The first-order chi connectivity index (χ1) is 10.2. The summed E-state index contributed by atoms with van der Waals surface area (Å²) in [6.07, 6.45) is 6.26. The van der Waals surface area contributed by atoms with Crippen molar-refractivity contribution in [1.29, 1.82) is 0 Å². The van der Waals surface area contributed by atoms with E-state index in [0.29, 0.717) is 6.04 Å². The van der Waals surface area contributed by atoms with Crippen molar-refractivity contribution < 1.29 is 0 Å². The van der Waals surface area contributed by atoms with Crippen molar-refractivity contribution in [3.63, 3.8) is 0 Å². The third-order valence-electron chi connectivity index (χ3n) is 3.78. The van der Waals surface area contributed by atoms with Gasteiger partial charge in [0.05, 0.1) is 0 Å². The first kappa shape index (κ1) is 14.4. The fourth-order valence-electron chi connectivity index (χ4n) is 2.46. The molecule has 0 spiro atoms. The Morgan fingerprint density at radius 3 is 2.71 bits per heavy atom. The lowest BCUT2D eigenvalue weighted by Gasteiger charge is -2.23. The quantitative estimate of drug-likeness (QED) is 0.883. The van der Waals surface area contributed by atoms with Crippen molar-refractivity contribution in [3.8, 4) is 0 Å². The van der Waals surface area contributed by atoms with Crippen LogP contribution in [0, 0.1) is 0 Å². The van der Waals surface area contributed by atoms with E-state index in [2.05, 4.69) is 46.5 Å². The molecule has 0 atom stereocenters. The van der Waals surface area contributed by atoms with E-state index in [4.69, 9.17) is 11.6 Å². The number of anilines is 1. The minimum atomic E-state index is 0.697. The molecule has 3 nitrogen and oxygen atoms in total. The van der Waals surface area contributed by atoms with Crippen molar-refractivity contribution in [1.82, 2.24) is 10.3 Å². The van der Waals surface area contributed by atoms with Crippen molar-refractivity contribution in [2.24, 2.45) is 0 Å². The molecule has 0 radical (unpaired) electrons. The summed E-state index contributed by atoms with van der Waals surface area (Å²) in [4.78, 5) is 6.32. The van der Waals surface area contributed by atoms with Crippen LogP contribution in [-0.2, 0) is 13.1 Å². The molecule has 2 aromatic rings. The van der Waals surface area contributed by atoms with Crippen molar-refractivity contribution in [3.05, 3.63) is 58.9 Å². The van der Waals surface area contributed by atoms with Gasteiger partial charge in [-0.2, -0.15) is 0 Å². The fraction of sp³-hybridized carbons (Fsp3) is 0.353. The van der Waals surface area contributed by atoms with Crippen LogP contribution in [0.25, 0.3) is 0 Å². The number of hydrogen-bond donors (Lipinski definition) is 1. The average Bonchev–Trinajstić information content (AvgIpc) is 3.30. The van der Waals surface area contributed by atoms with Crippen LogP contribution >= 0.6 is 11.6 Å². The number of nitrogens with zero attached hydrogens (tertiary/aromatic N) is 2. The highest BCUT2D eigenvalue weighted by atomic mass is 35.5. The monoisotopic (exact) mass is 301 g/mol. The molecule has 1 saturated carbocycles. The zero-order chi connectivity index (χ0) is 14.7. The number of benzene rings is 1. The number of nitrogens with one attached hydrogen (secondary N) is 1. The Morgan fingerprint density at radius 1 is 1.24 bits per heavy atom. The van der Waals surface area contributed by atoms with E-state index in [1.807, 2.05) is 18.5 Å². The largest absolute Gasteiger partial charge is 0.370 e. The molecule has 110 valence electrons.